The van der Waals surface area contributed by atoms with Gasteiger partial charge >= 0.3 is 0 Å². The minimum Gasteiger partial charge on any atom is -0.324 e. The minimum absolute atomic E-state index is 0.194. The van der Waals surface area contributed by atoms with Gasteiger partial charge in [-0.1, -0.05) is 29.8 Å². The Bertz CT molecular complexity index is 704. The van der Waals surface area contributed by atoms with Crippen LogP contribution in [0.5, 0.6) is 0 Å². The summed E-state index contributed by atoms with van der Waals surface area (Å²) >= 11 is 6.96. The van der Waals surface area contributed by atoms with E-state index in [4.69, 9.17) is 17.3 Å². The van der Waals surface area contributed by atoms with E-state index in [9.17, 15) is 8.42 Å². The summed E-state index contributed by atoms with van der Waals surface area (Å²) in [5.74, 6) is 0. The maximum Gasteiger partial charge on any atom is 0.271 e. The van der Waals surface area contributed by atoms with Crippen molar-refractivity contribution in [3.8, 4) is 0 Å². The molecule has 0 saturated carbocycles. The summed E-state index contributed by atoms with van der Waals surface area (Å²) in [5, 5.41) is 0. The fraction of sp³-hybridized carbons (Fsp3) is 0.231. The van der Waals surface area contributed by atoms with E-state index < -0.39 is 10.0 Å². The van der Waals surface area contributed by atoms with E-state index in [1.807, 2.05) is 6.07 Å². The number of anilines is 1. The summed E-state index contributed by atoms with van der Waals surface area (Å²) in [7, 11) is -3.64. The van der Waals surface area contributed by atoms with Crippen LogP contribution in [0.3, 0.4) is 0 Å². The van der Waals surface area contributed by atoms with Crippen molar-refractivity contribution in [3.63, 3.8) is 0 Å². The van der Waals surface area contributed by atoms with Crippen LogP contribution in [0.25, 0.3) is 0 Å². The third-order valence-corrected chi connectivity index (χ3v) is 6.19. The number of rotatable bonds is 4. The maximum absolute atomic E-state index is 12.3. The van der Waals surface area contributed by atoms with Gasteiger partial charge in [0.1, 0.15) is 4.21 Å². The molecule has 0 fully saturated rings. The molecule has 0 aliphatic heterocycles. The van der Waals surface area contributed by atoms with Gasteiger partial charge in [-0.3, -0.25) is 4.72 Å². The second-order valence-electron chi connectivity index (χ2n) is 4.50. The molecule has 4 nitrogen and oxygen atoms in total. The summed E-state index contributed by atoms with van der Waals surface area (Å²) < 4.78 is 27.9. The van der Waals surface area contributed by atoms with Crippen LogP contribution in [0.1, 0.15) is 24.1 Å². The number of thiophene rings is 1. The fourth-order valence-electron chi connectivity index (χ4n) is 1.75. The predicted molar refractivity (Wildman–Crippen MR) is 83.9 cm³/mol. The van der Waals surface area contributed by atoms with Crippen molar-refractivity contribution in [3.05, 3.63) is 45.8 Å². The van der Waals surface area contributed by atoms with Crippen molar-refractivity contribution < 1.29 is 8.42 Å². The summed E-state index contributed by atoms with van der Waals surface area (Å²) in [5.41, 5.74) is 7.83. The first kappa shape index (κ1) is 15.3. The summed E-state index contributed by atoms with van der Waals surface area (Å²) in [6, 6.07) is 8.37. The quantitative estimate of drug-likeness (QED) is 0.900. The molecule has 1 heterocycles. The number of nitrogens with two attached hydrogens (primary N) is 1. The van der Waals surface area contributed by atoms with E-state index in [1.165, 1.54) is 0 Å². The number of hydrogen-bond donors (Lipinski definition) is 2. The van der Waals surface area contributed by atoms with Gasteiger partial charge in [0.25, 0.3) is 10.0 Å². The van der Waals surface area contributed by atoms with Gasteiger partial charge in [0.2, 0.25) is 0 Å². The van der Waals surface area contributed by atoms with Crippen LogP contribution in [-0.4, -0.2) is 8.42 Å². The largest absolute Gasteiger partial charge is 0.324 e. The highest BCUT2D eigenvalue weighted by atomic mass is 35.5. The maximum atomic E-state index is 12.3. The molecule has 0 saturated heterocycles. The van der Waals surface area contributed by atoms with Gasteiger partial charge in [-0.15, -0.1) is 11.3 Å². The van der Waals surface area contributed by atoms with Crippen molar-refractivity contribution in [2.75, 3.05) is 4.72 Å². The number of nitrogens with one attached hydrogen (secondary N) is 1. The zero-order chi connectivity index (χ0) is 14.9. The van der Waals surface area contributed by atoms with Gasteiger partial charge in [-0.2, -0.15) is 0 Å². The van der Waals surface area contributed by atoms with Gasteiger partial charge in [-0.25, -0.2) is 8.42 Å². The Balaban J connectivity index is 2.38. The third kappa shape index (κ3) is 3.15. The number of benzene rings is 1. The molecule has 0 amide bonds. The zero-order valence-electron chi connectivity index (χ0n) is 11.1. The Kier molecular flexibility index (Phi) is 4.39. The van der Waals surface area contributed by atoms with Gasteiger partial charge in [0.05, 0.1) is 10.0 Å². The van der Waals surface area contributed by atoms with Crippen molar-refractivity contribution >= 4 is 38.6 Å². The summed E-state index contributed by atoms with van der Waals surface area (Å²) in [6.07, 6.45) is 0. The fourth-order valence-corrected chi connectivity index (χ4v) is 4.54. The highest BCUT2D eigenvalue weighted by molar-refractivity contribution is 7.94. The van der Waals surface area contributed by atoms with E-state index in [0.717, 1.165) is 22.5 Å². The van der Waals surface area contributed by atoms with Crippen molar-refractivity contribution in [1.82, 2.24) is 0 Å². The number of hydrogen-bond acceptors (Lipinski definition) is 4. The summed E-state index contributed by atoms with van der Waals surface area (Å²) in [6.45, 7) is 3.58. The molecule has 7 heteroatoms. The first-order chi connectivity index (χ1) is 9.31. The Hall–Kier alpha value is -1.08. The molecular weight excluding hydrogens is 316 g/mol. The van der Waals surface area contributed by atoms with E-state index >= 15 is 0 Å². The highest BCUT2D eigenvalue weighted by Crippen LogP contribution is 2.32. The van der Waals surface area contributed by atoms with Crippen molar-refractivity contribution in [1.29, 1.82) is 0 Å². The van der Waals surface area contributed by atoms with E-state index in [0.29, 0.717) is 10.0 Å². The van der Waals surface area contributed by atoms with E-state index in [2.05, 4.69) is 4.72 Å². The van der Waals surface area contributed by atoms with E-state index in [1.54, 1.807) is 38.1 Å². The van der Waals surface area contributed by atoms with Crippen molar-refractivity contribution in [2.45, 2.75) is 24.1 Å². The molecule has 1 atom stereocenters. The van der Waals surface area contributed by atoms with Crippen LogP contribution < -0.4 is 10.5 Å². The van der Waals surface area contributed by atoms with Gasteiger partial charge < -0.3 is 5.73 Å². The molecule has 3 N–H and O–H groups in total. The zero-order valence-corrected chi connectivity index (χ0v) is 13.4. The Morgan fingerprint density at radius 1 is 1.35 bits per heavy atom. The SMILES string of the molecule is Cc1cc(S(=O)(=O)Nc2ccccc2C(C)N)sc1Cl. The van der Waals surface area contributed by atoms with Crippen LogP contribution in [0.4, 0.5) is 5.69 Å². The van der Waals surface area contributed by atoms with Crippen LogP contribution in [0, 0.1) is 6.92 Å². The number of sulfonamides is 1. The van der Waals surface area contributed by atoms with Crippen LogP contribution in [0.2, 0.25) is 4.34 Å². The molecule has 0 radical (unpaired) electrons. The monoisotopic (exact) mass is 330 g/mol. The molecule has 1 unspecified atom stereocenters. The summed E-state index contributed by atoms with van der Waals surface area (Å²) in [4.78, 5) is 0. The first-order valence-electron chi connectivity index (χ1n) is 5.94. The van der Waals surface area contributed by atoms with Gasteiger partial charge in [0.15, 0.2) is 0 Å². The lowest BCUT2D eigenvalue weighted by Gasteiger charge is -2.14. The lowest BCUT2D eigenvalue weighted by molar-refractivity contribution is 0.603. The van der Waals surface area contributed by atoms with Crippen LogP contribution >= 0.6 is 22.9 Å². The van der Waals surface area contributed by atoms with Crippen molar-refractivity contribution in [2.24, 2.45) is 5.73 Å². The van der Waals surface area contributed by atoms with Gasteiger partial charge in [-0.05, 0) is 37.1 Å². The molecule has 0 bridgehead atoms. The molecule has 2 rings (SSSR count). The molecule has 0 aliphatic rings. The molecule has 20 heavy (non-hydrogen) atoms. The number of aryl methyl sites for hydroxylation is 1. The molecule has 2 aromatic rings. The Labute approximate surface area is 127 Å². The normalized spacial score (nSPS) is 13.2. The lowest BCUT2D eigenvalue weighted by atomic mass is 10.1. The smallest absolute Gasteiger partial charge is 0.271 e. The highest BCUT2D eigenvalue weighted by Gasteiger charge is 2.20. The molecule has 108 valence electrons. The molecular formula is C13H15ClN2O2S2. The lowest BCUT2D eigenvalue weighted by Crippen LogP contribution is -2.15. The standard InChI is InChI=1S/C13H15ClN2O2S2/c1-8-7-12(19-13(8)14)20(17,18)16-11-6-4-3-5-10(11)9(2)15/h3-7,9,16H,15H2,1-2H3. The molecule has 1 aromatic heterocycles. The topological polar surface area (TPSA) is 72.2 Å². The Morgan fingerprint density at radius 2 is 2.00 bits per heavy atom. The first-order valence-corrected chi connectivity index (χ1v) is 8.62. The van der Waals surface area contributed by atoms with Crippen LogP contribution in [0.15, 0.2) is 34.5 Å². The third-order valence-electron chi connectivity index (χ3n) is 2.80. The number of para-hydroxylation sites is 1. The van der Waals surface area contributed by atoms with Crippen LogP contribution in [-0.2, 0) is 10.0 Å². The second kappa shape index (κ2) is 5.73. The molecule has 0 aliphatic carbocycles. The minimum atomic E-state index is -3.64. The van der Waals surface area contributed by atoms with Gasteiger partial charge in [0, 0.05) is 6.04 Å². The average Bonchev–Trinajstić information content (AvgIpc) is 2.70. The Morgan fingerprint density at radius 3 is 2.55 bits per heavy atom. The average molecular weight is 331 g/mol. The second-order valence-corrected chi connectivity index (χ2v) is 8.07. The number of halogens is 1. The predicted octanol–water partition coefficient (Wildman–Crippen LogP) is 3.53. The molecule has 0 spiro atoms. The molecule has 1 aromatic carbocycles. The van der Waals surface area contributed by atoms with E-state index in [-0.39, 0.29) is 10.3 Å².